The molecule has 0 saturated carbocycles. The number of rotatable bonds is 7. The second-order valence-corrected chi connectivity index (χ2v) is 5.82. The third-order valence-electron chi connectivity index (χ3n) is 3.70. The molecule has 0 radical (unpaired) electrons. The molecule has 1 amide bonds. The van der Waals surface area contributed by atoms with Gasteiger partial charge in [-0.25, -0.2) is 9.67 Å². The molecule has 0 fully saturated rings. The Bertz CT molecular complexity index is 903. The van der Waals surface area contributed by atoms with Crippen LogP contribution >= 0.6 is 0 Å². The maximum Gasteiger partial charge on any atom is 0.306 e. The molecule has 1 aromatic carbocycles. The lowest BCUT2D eigenvalue weighted by atomic mass is 10.1. The topological polar surface area (TPSA) is 121 Å². The lowest BCUT2D eigenvalue weighted by molar-refractivity contribution is -0.385. The van der Waals surface area contributed by atoms with Crippen molar-refractivity contribution >= 4 is 17.5 Å². The molecule has 1 N–H and O–H groups in total. The quantitative estimate of drug-likeness (QED) is 0.509. The largest absolute Gasteiger partial charge is 0.306 e. The van der Waals surface area contributed by atoms with Gasteiger partial charge in [0.1, 0.15) is 18.7 Å². The van der Waals surface area contributed by atoms with E-state index in [-0.39, 0.29) is 24.1 Å². The van der Waals surface area contributed by atoms with Gasteiger partial charge < -0.3 is 0 Å². The zero-order chi connectivity index (χ0) is 18.5. The van der Waals surface area contributed by atoms with Crippen molar-refractivity contribution in [3.63, 3.8) is 0 Å². The first kappa shape index (κ1) is 17.3. The number of benzene rings is 1. The Morgan fingerprint density at radius 2 is 2.08 bits per heavy atom. The molecule has 2 heterocycles. The van der Waals surface area contributed by atoms with Crippen LogP contribution in [0.1, 0.15) is 12.5 Å². The van der Waals surface area contributed by atoms with E-state index in [1.54, 1.807) is 17.9 Å². The van der Waals surface area contributed by atoms with Crippen LogP contribution in [0.25, 0.3) is 0 Å². The van der Waals surface area contributed by atoms with Gasteiger partial charge in [0.15, 0.2) is 0 Å². The van der Waals surface area contributed by atoms with Crippen molar-refractivity contribution in [3.8, 4) is 0 Å². The van der Waals surface area contributed by atoms with E-state index in [9.17, 15) is 14.9 Å². The van der Waals surface area contributed by atoms with Crippen molar-refractivity contribution in [2.75, 3.05) is 5.32 Å². The highest BCUT2D eigenvalue weighted by Gasteiger charge is 2.18. The molecule has 1 atom stereocenters. The van der Waals surface area contributed by atoms with Gasteiger partial charge in [0.2, 0.25) is 11.9 Å². The van der Waals surface area contributed by atoms with Gasteiger partial charge in [0.25, 0.3) is 0 Å². The van der Waals surface area contributed by atoms with Crippen LogP contribution in [0.4, 0.5) is 11.6 Å². The molecule has 0 aliphatic carbocycles. The van der Waals surface area contributed by atoms with Crippen molar-refractivity contribution < 1.29 is 9.72 Å². The van der Waals surface area contributed by atoms with Crippen molar-refractivity contribution in [2.45, 2.75) is 20.0 Å². The molecule has 1 unspecified atom stereocenters. The van der Waals surface area contributed by atoms with Crippen LogP contribution in [-0.2, 0) is 17.9 Å². The highest BCUT2D eigenvalue weighted by atomic mass is 16.6. The van der Waals surface area contributed by atoms with Gasteiger partial charge in [-0.2, -0.15) is 5.10 Å². The summed E-state index contributed by atoms with van der Waals surface area (Å²) < 4.78 is 3.00. The number of carbonyl (C=O) groups is 1. The number of amides is 1. The number of nitro groups is 1. The standard InChI is InChI=1S/C16H17N7O3/c1-12(8-21-10-14(7-18-21)23(25)26)15(24)19-16-17-11-22(20-16)9-13-5-3-2-4-6-13/h2-7,10-12H,8-9H2,1H3,(H,19,20,24). The third-order valence-corrected chi connectivity index (χ3v) is 3.70. The minimum absolute atomic E-state index is 0.112. The molecule has 10 nitrogen and oxygen atoms in total. The van der Waals surface area contributed by atoms with Crippen molar-refractivity contribution in [1.29, 1.82) is 0 Å². The second-order valence-electron chi connectivity index (χ2n) is 5.82. The average molecular weight is 355 g/mol. The predicted octanol–water partition coefficient (Wildman–Crippen LogP) is 1.71. The number of nitrogens with zero attached hydrogens (tertiary/aromatic N) is 6. The molecule has 10 heteroatoms. The van der Waals surface area contributed by atoms with Gasteiger partial charge in [-0.15, -0.1) is 5.10 Å². The molecular weight excluding hydrogens is 338 g/mol. The van der Waals surface area contributed by atoms with Gasteiger partial charge in [-0.05, 0) is 5.56 Å². The van der Waals surface area contributed by atoms with Gasteiger partial charge >= 0.3 is 5.69 Å². The van der Waals surface area contributed by atoms with E-state index in [2.05, 4.69) is 20.5 Å². The van der Waals surface area contributed by atoms with E-state index in [0.717, 1.165) is 11.8 Å². The summed E-state index contributed by atoms with van der Waals surface area (Å²) in [6.07, 6.45) is 3.98. The second kappa shape index (κ2) is 7.55. The van der Waals surface area contributed by atoms with Crippen LogP contribution in [-0.4, -0.2) is 35.4 Å². The summed E-state index contributed by atoms with van der Waals surface area (Å²) in [6.45, 7) is 2.46. The minimum Gasteiger partial charge on any atom is -0.293 e. The zero-order valence-corrected chi connectivity index (χ0v) is 14.0. The fourth-order valence-corrected chi connectivity index (χ4v) is 2.34. The zero-order valence-electron chi connectivity index (χ0n) is 14.0. The van der Waals surface area contributed by atoms with E-state index in [1.165, 1.54) is 10.9 Å². The molecule has 0 saturated heterocycles. The normalized spacial score (nSPS) is 11.9. The summed E-state index contributed by atoms with van der Waals surface area (Å²) in [4.78, 5) is 26.5. The monoisotopic (exact) mass is 355 g/mol. The number of aromatic nitrogens is 5. The SMILES string of the molecule is CC(Cn1cc([N+](=O)[O-])cn1)C(=O)Nc1ncn(Cc2ccccc2)n1. The Morgan fingerprint density at radius 3 is 2.77 bits per heavy atom. The minimum atomic E-state index is -0.530. The number of carbonyl (C=O) groups excluding carboxylic acids is 1. The lowest BCUT2D eigenvalue weighted by Crippen LogP contribution is -2.25. The van der Waals surface area contributed by atoms with Gasteiger partial charge in [-0.3, -0.25) is 24.9 Å². The first-order valence-corrected chi connectivity index (χ1v) is 7.92. The smallest absolute Gasteiger partial charge is 0.293 e. The highest BCUT2D eigenvalue weighted by Crippen LogP contribution is 2.11. The molecule has 134 valence electrons. The third kappa shape index (κ3) is 4.29. The van der Waals surface area contributed by atoms with E-state index >= 15 is 0 Å². The van der Waals surface area contributed by atoms with Crippen LogP contribution < -0.4 is 5.32 Å². The summed E-state index contributed by atoms with van der Waals surface area (Å²) in [7, 11) is 0. The predicted molar refractivity (Wildman–Crippen MR) is 92.2 cm³/mol. The molecule has 0 aliphatic rings. The van der Waals surface area contributed by atoms with Crippen LogP contribution in [0, 0.1) is 16.0 Å². The molecule has 0 spiro atoms. The van der Waals surface area contributed by atoms with Crippen molar-refractivity contribution in [2.24, 2.45) is 5.92 Å². The number of hydrogen-bond donors (Lipinski definition) is 1. The van der Waals surface area contributed by atoms with Gasteiger partial charge in [-0.1, -0.05) is 37.3 Å². The average Bonchev–Trinajstić information content (AvgIpc) is 3.25. The summed E-state index contributed by atoms with van der Waals surface area (Å²) in [6, 6.07) is 9.77. The first-order valence-electron chi connectivity index (χ1n) is 7.92. The Hall–Kier alpha value is -3.56. The van der Waals surface area contributed by atoms with E-state index < -0.39 is 10.8 Å². The number of nitrogens with one attached hydrogen (secondary N) is 1. The molecule has 26 heavy (non-hydrogen) atoms. The molecular formula is C16H17N7O3. The molecule has 0 bridgehead atoms. The van der Waals surface area contributed by atoms with E-state index in [4.69, 9.17) is 0 Å². The number of anilines is 1. The summed E-state index contributed by atoms with van der Waals surface area (Å²) in [5.41, 5.74) is 0.961. The van der Waals surface area contributed by atoms with Crippen LogP contribution in [0.15, 0.2) is 49.1 Å². The maximum atomic E-state index is 12.2. The van der Waals surface area contributed by atoms with E-state index in [0.29, 0.717) is 6.54 Å². The van der Waals surface area contributed by atoms with Gasteiger partial charge in [0.05, 0.1) is 23.9 Å². The van der Waals surface area contributed by atoms with Crippen LogP contribution in [0.3, 0.4) is 0 Å². The van der Waals surface area contributed by atoms with Gasteiger partial charge in [0, 0.05) is 0 Å². The summed E-state index contributed by atoms with van der Waals surface area (Å²) in [5, 5.41) is 21.4. The molecule has 3 rings (SSSR count). The Morgan fingerprint density at radius 1 is 1.31 bits per heavy atom. The Kier molecular flexibility index (Phi) is 5.02. The fraction of sp³-hybridized carbons (Fsp3) is 0.250. The maximum absolute atomic E-state index is 12.2. The highest BCUT2D eigenvalue weighted by molar-refractivity contribution is 5.90. The fourth-order valence-electron chi connectivity index (χ4n) is 2.34. The summed E-state index contributed by atoms with van der Waals surface area (Å²) >= 11 is 0. The lowest BCUT2D eigenvalue weighted by Gasteiger charge is -2.09. The Balaban J connectivity index is 1.56. The van der Waals surface area contributed by atoms with Crippen LogP contribution in [0.5, 0.6) is 0 Å². The first-order chi connectivity index (χ1) is 12.5. The van der Waals surface area contributed by atoms with Crippen molar-refractivity contribution in [3.05, 3.63) is 64.7 Å². The number of hydrogen-bond acceptors (Lipinski definition) is 6. The molecule has 0 aliphatic heterocycles. The molecule has 2 aromatic heterocycles. The summed E-state index contributed by atoms with van der Waals surface area (Å²) in [5.74, 6) is -0.541. The molecule has 3 aromatic rings. The van der Waals surface area contributed by atoms with E-state index in [1.807, 2.05) is 30.3 Å². The van der Waals surface area contributed by atoms with Crippen molar-refractivity contribution in [1.82, 2.24) is 24.5 Å². The Labute approximate surface area is 148 Å². The van der Waals surface area contributed by atoms with Crippen LogP contribution in [0.2, 0.25) is 0 Å².